The summed E-state index contributed by atoms with van der Waals surface area (Å²) in [5.41, 5.74) is 3.15. The van der Waals surface area contributed by atoms with Crippen LogP contribution in [0, 0.1) is 3.57 Å². The lowest BCUT2D eigenvalue weighted by Crippen LogP contribution is -2.01. The molecule has 2 aromatic rings. The molecule has 0 spiro atoms. The first-order valence-electron chi connectivity index (χ1n) is 6.00. The van der Waals surface area contributed by atoms with Crippen molar-refractivity contribution in [3.05, 3.63) is 46.3 Å². The van der Waals surface area contributed by atoms with Crippen LogP contribution in [-0.4, -0.2) is 11.5 Å². The minimum Gasteiger partial charge on any atom is -0.384 e. The monoisotopic (exact) mass is 353 g/mol. The van der Waals surface area contributed by atoms with E-state index < -0.39 is 0 Å². The predicted octanol–water partition coefficient (Wildman–Crippen LogP) is 4.25. The number of anilines is 3. The molecule has 1 aromatic heterocycles. The fourth-order valence-corrected chi connectivity index (χ4v) is 2.11. The zero-order valence-electron chi connectivity index (χ0n) is 10.3. The van der Waals surface area contributed by atoms with Gasteiger partial charge >= 0.3 is 0 Å². The van der Waals surface area contributed by atoms with Gasteiger partial charge in [-0.3, -0.25) is 4.98 Å². The minimum absolute atomic E-state index is 0.966. The quantitative estimate of drug-likeness (QED) is 0.789. The van der Waals surface area contributed by atoms with Gasteiger partial charge in [0.05, 0.1) is 29.5 Å². The summed E-state index contributed by atoms with van der Waals surface area (Å²) in [7, 11) is 0. The molecule has 0 radical (unpaired) electrons. The SMILES string of the molecule is CCCNc1cncc(Nc2ccccc2I)c1. The average Bonchev–Trinajstić information content (AvgIpc) is 2.40. The Kier molecular flexibility index (Phi) is 4.81. The maximum absolute atomic E-state index is 4.24. The third kappa shape index (κ3) is 3.60. The standard InChI is InChI=1S/C14H16IN3/c1-2-7-17-11-8-12(10-16-9-11)18-14-6-4-3-5-13(14)15/h3-6,8-10,17-18H,2,7H2,1H3. The number of nitrogens with zero attached hydrogens (tertiary/aromatic N) is 1. The Balaban J connectivity index is 2.12. The third-order valence-electron chi connectivity index (χ3n) is 2.47. The Hall–Kier alpha value is -1.30. The Morgan fingerprint density at radius 3 is 2.72 bits per heavy atom. The maximum Gasteiger partial charge on any atom is 0.0591 e. The van der Waals surface area contributed by atoms with Crippen molar-refractivity contribution in [2.24, 2.45) is 0 Å². The smallest absolute Gasteiger partial charge is 0.0591 e. The average molecular weight is 353 g/mol. The van der Waals surface area contributed by atoms with Gasteiger partial charge in [0.25, 0.3) is 0 Å². The second-order valence-electron chi connectivity index (χ2n) is 3.99. The van der Waals surface area contributed by atoms with E-state index in [2.05, 4.69) is 63.3 Å². The van der Waals surface area contributed by atoms with Crippen molar-refractivity contribution in [3.63, 3.8) is 0 Å². The molecule has 0 saturated heterocycles. The van der Waals surface area contributed by atoms with E-state index in [0.29, 0.717) is 0 Å². The summed E-state index contributed by atoms with van der Waals surface area (Å²) >= 11 is 2.32. The van der Waals surface area contributed by atoms with Crippen molar-refractivity contribution in [2.45, 2.75) is 13.3 Å². The van der Waals surface area contributed by atoms with Gasteiger partial charge in [0, 0.05) is 10.1 Å². The van der Waals surface area contributed by atoms with Crippen LogP contribution in [0.2, 0.25) is 0 Å². The van der Waals surface area contributed by atoms with Gasteiger partial charge in [-0.15, -0.1) is 0 Å². The maximum atomic E-state index is 4.24. The Labute approximate surface area is 121 Å². The van der Waals surface area contributed by atoms with Crippen molar-refractivity contribution in [1.82, 2.24) is 4.98 Å². The molecular weight excluding hydrogens is 337 g/mol. The highest BCUT2D eigenvalue weighted by Gasteiger charge is 2.00. The van der Waals surface area contributed by atoms with Crippen LogP contribution < -0.4 is 10.6 Å². The molecule has 0 amide bonds. The third-order valence-corrected chi connectivity index (χ3v) is 3.41. The predicted molar refractivity (Wildman–Crippen MR) is 85.5 cm³/mol. The van der Waals surface area contributed by atoms with E-state index in [-0.39, 0.29) is 0 Å². The second-order valence-corrected chi connectivity index (χ2v) is 5.16. The van der Waals surface area contributed by atoms with Crippen LogP contribution in [0.15, 0.2) is 42.7 Å². The number of aromatic nitrogens is 1. The van der Waals surface area contributed by atoms with Gasteiger partial charge in [-0.2, -0.15) is 0 Å². The summed E-state index contributed by atoms with van der Waals surface area (Å²) in [6.07, 6.45) is 4.78. The topological polar surface area (TPSA) is 37.0 Å². The van der Waals surface area contributed by atoms with Crippen molar-refractivity contribution >= 4 is 39.7 Å². The zero-order chi connectivity index (χ0) is 12.8. The molecule has 0 saturated carbocycles. The number of rotatable bonds is 5. The van der Waals surface area contributed by atoms with E-state index in [0.717, 1.165) is 30.0 Å². The molecule has 0 unspecified atom stereocenters. The van der Waals surface area contributed by atoms with E-state index in [4.69, 9.17) is 0 Å². The normalized spacial score (nSPS) is 10.1. The Morgan fingerprint density at radius 1 is 1.17 bits per heavy atom. The van der Waals surface area contributed by atoms with E-state index >= 15 is 0 Å². The molecular formula is C14H16IN3. The lowest BCUT2D eigenvalue weighted by molar-refractivity contribution is 0.978. The van der Waals surface area contributed by atoms with Crippen molar-refractivity contribution in [1.29, 1.82) is 0 Å². The Morgan fingerprint density at radius 2 is 1.94 bits per heavy atom. The van der Waals surface area contributed by atoms with Gasteiger partial charge in [-0.25, -0.2) is 0 Å². The first kappa shape index (κ1) is 13.1. The molecule has 0 aliphatic carbocycles. The van der Waals surface area contributed by atoms with E-state index in [1.54, 1.807) is 0 Å². The van der Waals surface area contributed by atoms with Gasteiger partial charge in [0.2, 0.25) is 0 Å². The first-order chi connectivity index (χ1) is 8.79. The van der Waals surface area contributed by atoms with Crippen molar-refractivity contribution < 1.29 is 0 Å². The molecule has 0 atom stereocenters. The second kappa shape index (κ2) is 6.58. The largest absolute Gasteiger partial charge is 0.384 e. The van der Waals surface area contributed by atoms with Crippen LogP contribution in [-0.2, 0) is 0 Å². The van der Waals surface area contributed by atoms with E-state index in [1.165, 1.54) is 3.57 Å². The number of hydrogen-bond donors (Lipinski definition) is 2. The van der Waals surface area contributed by atoms with Crippen LogP contribution >= 0.6 is 22.6 Å². The molecule has 0 bridgehead atoms. The molecule has 0 fully saturated rings. The molecule has 3 nitrogen and oxygen atoms in total. The van der Waals surface area contributed by atoms with Crippen molar-refractivity contribution in [2.75, 3.05) is 17.2 Å². The van der Waals surface area contributed by atoms with Gasteiger partial charge in [0.1, 0.15) is 0 Å². The van der Waals surface area contributed by atoms with Crippen LogP contribution in [0.5, 0.6) is 0 Å². The molecule has 2 rings (SSSR count). The molecule has 0 aliphatic rings. The Bertz CT molecular complexity index is 514. The van der Waals surface area contributed by atoms with Gasteiger partial charge in [0.15, 0.2) is 0 Å². The van der Waals surface area contributed by atoms with Crippen LogP contribution in [0.25, 0.3) is 0 Å². The lowest BCUT2D eigenvalue weighted by Gasteiger charge is -2.10. The molecule has 18 heavy (non-hydrogen) atoms. The summed E-state index contributed by atoms with van der Waals surface area (Å²) in [4.78, 5) is 4.24. The van der Waals surface area contributed by atoms with Gasteiger partial charge < -0.3 is 10.6 Å². The van der Waals surface area contributed by atoms with Crippen LogP contribution in [0.3, 0.4) is 0 Å². The summed E-state index contributed by atoms with van der Waals surface area (Å²) in [6.45, 7) is 3.11. The summed E-state index contributed by atoms with van der Waals surface area (Å²) < 4.78 is 1.20. The zero-order valence-corrected chi connectivity index (χ0v) is 12.4. The van der Waals surface area contributed by atoms with Gasteiger partial charge in [-0.1, -0.05) is 19.1 Å². The molecule has 0 aliphatic heterocycles. The highest BCUT2D eigenvalue weighted by atomic mass is 127. The summed E-state index contributed by atoms with van der Waals surface area (Å²) in [6, 6.07) is 10.3. The minimum atomic E-state index is 0.966. The van der Waals surface area contributed by atoms with Gasteiger partial charge in [-0.05, 0) is 47.2 Å². The molecule has 2 N–H and O–H groups in total. The number of benzene rings is 1. The molecule has 94 valence electrons. The first-order valence-corrected chi connectivity index (χ1v) is 7.08. The van der Waals surface area contributed by atoms with Crippen molar-refractivity contribution in [3.8, 4) is 0 Å². The molecule has 4 heteroatoms. The number of halogens is 1. The fraction of sp³-hybridized carbons (Fsp3) is 0.214. The fourth-order valence-electron chi connectivity index (χ4n) is 1.59. The van der Waals surface area contributed by atoms with Crippen LogP contribution in [0.4, 0.5) is 17.1 Å². The molecule has 1 heterocycles. The highest BCUT2D eigenvalue weighted by Crippen LogP contribution is 2.23. The lowest BCUT2D eigenvalue weighted by atomic mass is 10.3. The summed E-state index contributed by atoms with van der Waals surface area (Å²) in [5.74, 6) is 0. The van der Waals surface area contributed by atoms with E-state index in [1.807, 2.05) is 24.5 Å². The number of pyridine rings is 1. The molecule has 1 aromatic carbocycles. The van der Waals surface area contributed by atoms with E-state index in [9.17, 15) is 0 Å². The van der Waals surface area contributed by atoms with Crippen LogP contribution in [0.1, 0.15) is 13.3 Å². The number of para-hydroxylation sites is 1. The highest BCUT2D eigenvalue weighted by molar-refractivity contribution is 14.1. The number of nitrogens with one attached hydrogen (secondary N) is 2. The summed E-state index contributed by atoms with van der Waals surface area (Å²) in [5, 5.41) is 6.71. The number of hydrogen-bond acceptors (Lipinski definition) is 3.